The van der Waals surface area contributed by atoms with Gasteiger partial charge in [0.25, 0.3) is 0 Å². The highest BCUT2D eigenvalue weighted by molar-refractivity contribution is 5.81. The summed E-state index contributed by atoms with van der Waals surface area (Å²) in [5, 5.41) is 0. The average Bonchev–Trinajstić information content (AvgIpc) is 3.07. The first-order valence-corrected chi connectivity index (χ1v) is 9.86. The van der Waals surface area contributed by atoms with E-state index in [2.05, 4.69) is 9.97 Å². The Bertz CT molecular complexity index is 1340. The summed E-state index contributed by atoms with van der Waals surface area (Å²) in [5.74, 6) is -0.000796. The molecule has 0 bridgehead atoms. The van der Waals surface area contributed by atoms with Crippen molar-refractivity contribution >= 4 is 5.82 Å². The van der Waals surface area contributed by atoms with E-state index in [-0.39, 0.29) is 23.5 Å². The molecule has 0 unspecified atom stereocenters. The molecule has 0 aliphatic carbocycles. The number of hydrogen-bond donors (Lipinski definition) is 1. The van der Waals surface area contributed by atoms with Gasteiger partial charge in [0.2, 0.25) is 0 Å². The molecular formula is C23H20F3N5O2. The second-order valence-corrected chi connectivity index (χ2v) is 7.39. The largest absolute Gasteiger partial charge is 0.497 e. The summed E-state index contributed by atoms with van der Waals surface area (Å²) < 4.78 is 48.7. The first-order chi connectivity index (χ1) is 15.7. The number of pyridine rings is 2. The Hall–Kier alpha value is -4.08. The van der Waals surface area contributed by atoms with Gasteiger partial charge in [-0.25, -0.2) is 9.78 Å². The van der Waals surface area contributed by atoms with Crippen molar-refractivity contribution in [3.63, 3.8) is 0 Å². The van der Waals surface area contributed by atoms with Crippen LogP contribution in [0.3, 0.4) is 0 Å². The van der Waals surface area contributed by atoms with Gasteiger partial charge in [-0.15, -0.1) is 0 Å². The number of ether oxygens (including phenoxy) is 1. The third kappa shape index (κ3) is 4.32. The number of rotatable bonds is 5. The molecule has 0 saturated heterocycles. The first kappa shape index (κ1) is 22.1. The van der Waals surface area contributed by atoms with Crippen LogP contribution in [-0.4, -0.2) is 26.2 Å². The number of nitrogens with two attached hydrogens (primary N) is 1. The number of nitrogen functional groups attached to an aromatic ring is 1. The van der Waals surface area contributed by atoms with E-state index in [4.69, 9.17) is 10.5 Å². The molecule has 4 aromatic rings. The summed E-state index contributed by atoms with van der Waals surface area (Å²) in [6.07, 6.45) is -0.210. The summed E-state index contributed by atoms with van der Waals surface area (Å²) in [5.41, 5.74) is 6.29. The summed E-state index contributed by atoms with van der Waals surface area (Å²) in [6.45, 7) is 0.178. The molecule has 0 saturated carbocycles. The second-order valence-electron chi connectivity index (χ2n) is 7.39. The maximum Gasteiger partial charge on any atom is 0.419 e. The van der Waals surface area contributed by atoms with Gasteiger partial charge in [0.1, 0.15) is 11.6 Å². The maximum absolute atomic E-state index is 13.6. The normalized spacial score (nSPS) is 11.5. The third-order valence-corrected chi connectivity index (χ3v) is 5.23. The number of benzene rings is 1. The summed E-state index contributed by atoms with van der Waals surface area (Å²) in [4.78, 5) is 20.9. The van der Waals surface area contributed by atoms with Crippen LogP contribution < -0.4 is 16.2 Å². The lowest BCUT2D eigenvalue weighted by Crippen LogP contribution is -2.23. The molecule has 0 aliphatic heterocycles. The van der Waals surface area contributed by atoms with Crippen LogP contribution in [0.5, 0.6) is 5.75 Å². The molecule has 0 aliphatic rings. The smallest absolute Gasteiger partial charge is 0.419 e. The molecule has 0 radical (unpaired) electrons. The van der Waals surface area contributed by atoms with Gasteiger partial charge in [-0.2, -0.15) is 13.2 Å². The van der Waals surface area contributed by atoms with Gasteiger partial charge in [0, 0.05) is 31.2 Å². The highest BCUT2D eigenvalue weighted by Gasteiger charge is 2.35. The molecule has 170 valence electrons. The van der Waals surface area contributed by atoms with Gasteiger partial charge in [-0.05, 0) is 41.5 Å². The monoisotopic (exact) mass is 455 g/mol. The number of anilines is 1. The van der Waals surface area contributed by atoms with Crippen LogP contribution in [-0.2, 0) is 19.8 Å². The first-order valence-electron chi connectivity index (χ1n) is 9.86. The van der Waals surface area contributed by atoms with Gasteiger partial charge < -0.3 is 15.0 Å². The van der Waals surface area contributed by atoms with Crippen LogP contribution in [0.1, 0.15) is 11.1 Å². The van der Waals surface area contributed by atoms with Crippen molar-refractivity contribution in [2.24, 2.45) is 7.05 Å². The number of aryl methyl sites for hydroxylation is 1. The van der Waals surface area contributed by atoms with Crippen molar-refractivity contribution in [1.82, 2.24) is 19.1 Å². The molecule has 0 amide bonds. The average molecular weight is 455 g/mol. The highest BCUT2D eigenvalue weighted by Crippen LogP contribution is 2.39. The number of aromatic nitrogens is 4. The molecule has 2 N–H and O–H groups in total. The van der Waals surface area contributed by atoms with E-state index in [1.54, 1.807) is 50.6 Å². The quantitative estimate of drug-likeness (QED) is 0.492. The molecule has 7 nitrogen and oxygen atoms in total. The molecule has 0 fully saturated rings. The number of halogens is 3. The predicted molar refractivity (Wildman–Crippen MR) is 118 cm³/mol. The van der Waals surface area contributed by atoms with Crippen LogP contribution in [0, 0.1) is 0 Å². The van der Waals surface area contributed by atoms with E-state index in [0.717, 1.165) is 11.6 Å². The van der Waals surface area contributed by atoms with E-state index >= 15 is 0 Å². The lowest BCUT2D eigenvalue weighted by atomic mass is 10.0. The van der Waals surface area contributed by atoms with Crippen molar-refractivity contribution in [1.29, 1.82) is 0 Å². The molecule has 10 heteroatoms. The lowest BCUT2D eigenvalue weighted by molar-refractivity contribution is -0.137. The topological polar surface area (TPSA) is 88.0 Å². The van der Waals surface area contributed by atoms with E-state index < -0.39 is 17.6 Å². The van der Waals surface area contributed by atoms with Gasteiger partial charge in [0.05, 0.1) is 30.6 Å². The minimum Gasteiger partial charge on any atom is -0.497 e. The zero-order valence-corrected chi connectivity index (χ0v) is 17.8. The molecule has 3 heterocycles. The second kappa shape index (κ2) is 8.45. The zero-order valence-electron chi connectivity index (χ0n) is 17.8. The fraction of sp³-hybridized carbons (Fsp3) is 0.174. The Morgan fingerprint density at radius 1 is 1.09 bits per heavy atom. The van der Waals surface area contributed by atoms with Crippen LogP contribution >= 0.6 is 0 Å². The fourth-order valence-electron chi connectivity index (χ4n) is 3.56. The minimum absolute atomic E-state index is 0.165. The van der Waals surface area contributed by atoms with Crippen molar-refractivity contribution in [2.75, 3.05) is 12.8 Å². The standard InChI is InChI=1S/C23H20F3N5O2/c1-30-13-19(31(22(30)32)12-14-3-5-16(33-2)6-4-14)20-17(15-7-9-28-10-8-15)11-18(21(27)29-20)23(24,25)26/h3-11,13H,12H2,1-2H3,(H2,27,29). The maximum atomic E-state index is 13.6. The van der Waals surface area contributed by atoms with Crippen molar-refractivity contribution in [3.05, 3.63) is 82.7 Å². The Labute approximate surface area is 186 Å². The van der Waals surface area contributed by atoms with Gasteiger partial charge in [0.15, 0.2) is 0 Å². The van der Waals surface area contributed by atoms with Gasteiger partial charge >= 0.3 is 11.9 Å². The van der Waals surface area contributed by atoms with Crippen LogP contribution in [0.25, 0.3) is 22.5 Å². The van der Waals surface area contributed by atoms with Gasteiger partial charge in [-0.1, -0.05) is 12.1 Å². The Balaban J connectivity index is 1.92. The van der Waals surface area contributed by atoms with Crippen molar-refractivity contribution in [2.45, 2.75) is 12.7 Å². The molecular weight excluding hydrogens is 435 g/mol. The molecule has 4 rings (SSSR count). The Morgan fingerprint density at radius 2 is 1.76 bits per heavy atom. The summed E-state index contributed by atoms with van der Waals surface area (Å²) in [6, 6.07) is 11.2. The SMILES string of the molecule is COc1ccc(Cn2c(-c3nc(N)c(C(F)(F)F)cc3-c3ccncc3)cn(C)c2=O)cc1. The number of nitrogens with zero attached hydrogens (tertiary/aromatic N) is 4. The Morgan fingerprint density at radius 3 is 2.36 bits per heavy atom. The van der Waals surface area contributed by atoms with E-state index in [9.17, 15) is 18.0 Å². The molecule has 3 aromatic heterocycles. The number of methoxy groups -OCH3 is 1. The van der Waals surface area contributed by atoms with Gasteiger partial charge in [-0.3, -0.25) is 9.55 Å². The predicted octanol–water partition coefficient (Wildman–Crippen LogP) is 3.97. The third-order valence-electron chi connectivity index (χ3n) is 5.23. The molecule has 0 atom stereocenters. The number of alkyl halides is 3. The number of imidazole rings is 1. The van der Waals surface area contributed by atoms with Crippen molar-refractivity contribution < 1.29 is 17.9 Å². The number of hydrogen-bond acceptors (Lipinski definition) is 5. The van der Waals surface area contributed by atoms with Crippen molar-refractivity contribution in [3.8, 4) is 28.3 Å². The highest BCUT2D eigenvalue weighted by atomic mass is 19.4. The molecule has 1 aromatic carbocycles. The summed E-state index contributed by atoms with van der Waals surface area (Å²) >= 11 is 0. The van der Waals surface area contributed by atoms with E-state index in [1.165, 1.54) is 27.7 Å². The molecule has 33 heavy (non-hydrogen) atoms. The van der Waals surface area contributed by atoms with Crippen LogP contribution in [0.15, 0.2) is 65.8 Å². The molecule has 0 spiro atoms. The van der Waals surface area contributed by atoms with E-state index in [0.29, 0.717) is 17.0 Å². The van der Waals surface area contributed by atoms with Crippen LogP contribution in [0.2, 0.25) is 0 Å². The van der Waals surface area contributed by atoms with E-state index in [1.807, 2.05) is 0 Å². The fourth-order valence-corrected chi connectivity index (χ4v) is 3.56. The zero-order chi connectivity index (χ0) is 23.8. The summed E-state index contributed by atoms with van der Waals surface area (Å²) in [7, 11) is 3.12. The minimum atomic E-state index is -4.68. The Kier molecular flexibility index (Phi) is 5.67. The van der Waals surface area contributed by atoms with Crippen LogP contribution in [0.4, 0.5) is 19.0 Å². The lowest BCUT2D eigenvalue weighted by Gasteiger charge is -2.16.